The molecular formula is C18H23ClFNO3. The Balaban J connectivity index is 2.03. The normalized spacial score (nSPS) is 17.5. The van der Waals surface area contributed by atoms with Gasteiger partial charge in [-0.1, -0.05) is 17.7 Å². The summed E-state index contributed by atoms with van der Waals surface area (Å²) in [6, 6.07) is 4.49. The summed E-state index contributed by atoms with van der Waals surface area (Å²) in [6.07, 6.45) is 1.80. The first kappa shape index (κ1) is 18.7. The number of hydrogen-bond donors (Lipinski definition) is 0. The van der Waals surface area contributed by atoms with Crippen molar-refractivity contribution in [1.82, 2.24) is 4.90 Å². The summed E-state index contributed by atoms with van der Waals surface area (Å²) in [5.74, 6) is -0.404. The van der Waals surface area contributed by atoms with E-state index in [1.54, 1.807) is 17.0 Å². The van der Waals surface area contributed by atoms with Crippen LogP contribution in [0.4, 0.5) is 9.18 Å². The lowest BCUT2D eigenvalue weighted by Gasteiger charge is -2.38. The predicted octanol–water partition coefficient (Wildman–Crippen LogP) is 4.24. The summed E-state index contributed by atoms with van der Waals surface area (Å²) in [7, 11) is 0. The average Bonchev–Trinajstić information content (AvgIpc) is 2.49. The van der Waals surface area contributed by atoms with Crippen molar-refractivity contribution in [3.05, 3.63) is 34.6 Å². The molecule has 4 nitrogen and oxygen atoms in total. The van der Waals surface area contributed by atoms with Crippen LogP contribution in [0.25, 0.3) is 0 Å². The molecule has 1 fully saturated rings. The molecule has 0 N–H and O–H groups in total. The summed E-state index contributed by atoms with van der Waals surface area (Å²) < 4.78 is 19.4. The van der Waals surface area contributed by atoms with Gasteiger partial charge in [0, 0.05) is 23.5 Å². The fourth-order valence-corrected chi connectivity index (χ4v) is 3.00. The van der Waals surface area contributed by atoms with E-state index in [1.165, 1.54) is 6.07 Å². The van der Waals surface area contributed by atoms with Crippen LogP contribution in [0, 0.1) is 11.2 Å². The highest BCUT2D eigenvalue weighted by atomic mass is 35.5. The van der Waals surface area contributed by atoms with Crippen molar-refractivity contribution in [1.29, 1.82) is 0 Å². The number of piperidine rings is 1. The molecule has 0 radical (unpaired) electrons. The largest absolute Gasteiger partial charge is 0.444 e. The molecule has 0 aromatic heterocycles. The molecule has 1 amide bonds. The van der Waals surface area contributed by atoms with Crippen LogP contribution < -0.4 is 0 Å². The fraction of sp³-hybridized carbons (Fsp3) is 0.556. The van der Waals surface area contributed by atoms with Gasteiger partial charge in [0.15, 0.2) is 0 Å². The molecule has 1 aromatic carbocycles. The molecule has 1 saturated heterocycles. The van der Waals surface area contributed by atoms with Crippen molar-refractivity contribution in [3.8, 4) is 0 Å². The Labute approximate surface area is 146 Å². The molecule has 6 heteroatoms. The third-order valence-corrected chi connectivity index (χ3v) is 4.45. The van der Waals surface area contributed by atoms with E-state index in [1.807, 2.05) is 20.8 Å². The van der Waals surface area contributed by atoms with Gasteiger partial charge < -0.3 is 14.4 Å². The molecule has 0 bridgehead atoms. The first-order valence-corrected chi connectivity index (χ1v) is 8.40. The second kappa shape index (κ2) is 7.09. The zero-order valence-corrected chi connectivity index (χ0v) is 15.0. The van der Waals surface area contributed by atoms with Gasteiger partial charge in [0.05, 0.1) is 0 Å². The number of aldehydes is 1. The molecule has 0 unspecified atom stereocenters. The average molecular weight is 356 g/mol. The van der Waals surface area contributed by atoms with Gasteiger partial charge in [-0.05, 0) is 57.7 Å². The fourth-order valence-electron chi connectivity index (χ4n) is 2.84. The highest BCUT2D eigenvalue weighted by molar-refractivity contribution is 6.30. The lowest BCUT2D eigenvalue weighted by Crippen LogP contribution is -2.46. The lowest BCUT2D eigenvalue weighted by atomic mass is 9.75. The number of carbonyl (C=O) groups excluding carboxylic acids is 2. The molecule has 1 aliphatic rings. The second-order valence-electron chi connectivity index (χ2n) is 7.36. The Bertz CT molecular complexity index is 619. The van der Waals surface area contributed by atoms with E-state index >= 15 is 0 Å². The maximum atomic E-state index is 14.0. The van der Waals surface area contributed by atoms with E-state index in [0.717, 1.165) is 6.29 Å². The maximum Gasteiger partial charge on any atom is 0.410 e. The molecule has 2 rings (SSSR count). The van der Waals surface area contributed by atoms with E-state index < -0.39 is 16.8 Å². The van der Waals surface area contributed by atoms with Crippen molar-refractivity contribution in [3.63, 3.8) is 0 Å². The second-order valence-corrected chi connectivity index (χ2v) is 7.80. The summed E-state index contributed by atoms with van der Waals surface area (Å²) in [4.78, 5) is 25.4. The Hall–Kier alpha value is -1.62. The first-order valence-electron chi connectivity index (χ1n) is 8.02. The SMILES string of the molecule is CC(C)(C)OC(=O)N1CCC(C=O)(Cc2ccc(Cl)cc2F)CC1. The summed E-state index contributed by atoms with van der Waals surface area (Å²) in [5, 5.41) is 0.330. The van der Waals surface area contributed by atoms with Crippen LogP contribution >= 0.6 is 11.6 Å². The number of nitrogens with zero attached hydrogens (tertiary/aromatic N) is 1. The third kappa shape index (κ3) is 4.69. The van der Waals surface area contributed by atoms with Gasteiger partial charge >= 0.3 is 6.09 Å². The Kier molecular flexibility index (Phi) is 5.53. The number of rotatable bonds is 3. The van der Waals surface area contributed by atoms with Crippen molar-refractivity contribution >= 4 is 24.0 Å². The molecule has 24 heavy (non-hydrogen) atoms. The minimum Gasteiger partial charge on any atom is -0.444 e. The van der Waals surface area contributed by atoms with Crippen LogP contribution in [0.1, 0.15) is 39.2 Å². The van der Waals surface area contributed by atoms with Crippen LogP contribution in [0.15, 0.2) is 18.2 Å². The highest BCUT2D eigenvalue weighted by Gasteiger charge is 2.37. The highest BCUT2D eigenvalue weighted by Crippen LogP contribution is 2.34. The number of amides is 1. The topological polar surface area (TPSA) is 46.6 Å². The van der Waals surface area contributed by atoms with Gasteiger partial charge in [0.25, 0.3) is 0 Å². The third-order valence-electron chi connectivity index (χ3n) is 4.22. The molecule has 1 aromatic rings. The van der Waals surface area contributed by atoms with Crippen LogP contribution in [-0.4, -0.2) is 36.0 Å². The Morgan fingerprint density at radius 2 is 2.00 bits per heavy atom. The van der Waals surface area contributed by atoms with Crippen molar-refractivity contribution in [2.45, 2.75) is 45.6 Å². The predicted molar refractivity (Wildman–Crippen MR) is 90.7 cm³/mol. The molecule has 0 atom stereocenters. The Morgan fingerprint density at radius 3 is 2.50 bits per heavy atom. The van der Waals surface area contributed by atoms with E-state index in [4.69, 9.17) is 16.3 Å². The van der Waals surface area contributed by atoms with Gasteiger partial charge in [-0.3, -0.25) is 0 Å². The monoisotopic (exact) mass is 355 g/mol. The van der Waals surface area contributed by atoms with Crippen molar-refractivity contribution < 1.29 is 18.7 Å². The molecular weight excluding hydrogens is 333 g/mol. The lowest BCUT2D eigenvalue weighted by molar-refractivity contribution is -0.118. The van der Waals surface area contributed by atoms with Crippen molar-refractivity contribution in [2.75, 3.05) is 13.1 Å². The number of hydrogen-bond acceptors (Lipinski definition) is 3. The van der Waals surface area contributed by atoms with Gasteiger partial charge in [-0.15, -0.1) is 0 Å². The first-order chi connectivity index (χ1) is 11.1. The Morgan fingerprint density at radius 1 is 1.38 bits per heavy atom. The van der Waals surface area contributed by atoms with Crippen molar-refractivity contribution in [2.24, 2.45) is 5.41 Å². The van der Waals surface area contributed by atoms with Gasteiger partial charge in [0.1, 0.15) is 17.7 Å². The van der Waals surface area contributed by atoms with E-state index in [2.05, 4.69) is 0 Å². The molecule has 0 spiro atoms. The minimum absolute atomic E-state index is 0.307. The molecule has 1 heterocycles. The maximum absolute atomic E-state index is 14.0. The summed E-state index contributed by atoms with van der Waals surface area (Å²) >= 11 is 5.77. The molecule has 132 valence electrons. The molecule has 0 saturated carbocycles. The smallest absolute Gasteiger partial charge is 0.410 e. The van der Waals surface area contributed by atoms with Crippen LogP contribution in [-0.2, 0) is 16.0 Å². The number of halogens is 2. The van der Waals surface area contributed by atoms with Gasteiger partial charge in [0.2, 0.25) is 0 Å². The number of likely N-dealkylation sites (tertiary alicyclic amines) is 1. The van der Waals surface area contributed by atoms with E-state index in [9.17, 15) is 14.0 Å². The van der Waals surface area contributed by atoms with Crippen LogP contribution in [0.2, 0.25) is 5.02 Å². The summed E-state index contributed by atoms with van der Waals surface area (Å²) in [5.41, 5.74) is -0.743. The van der Waals surface area contributed by atoms with E-state index in [-0.39, 0.29) is 6.09 Å². The van der Waals surface area contributed by atoms with Crippen LogP contribution in [0.3, 0.4) is 0 Å². The summed E-state index contributed by atoms with van der Waals surface area (Å²) in [6.45, 7) is 6.28. The standard InChI is InChI=1S/C18H23ClFNO3/c1-17(2,3)24-16(23)21-8-6-18(12-22,7-9-21)11-13-4-5-14(19)10-15(13)20/h4-5,10,12H,6-9,11H2,1-3H3. The van der Waals surface area contributed by atoms with E-state index in [0.29, 0.717) is 42.9 Å². The van der Waals surface area contributed by atoms with Crippen LogP contribution in [0.5, 0.6) is 0 Å². The zero-order chi connectivity index (χ0) is 18.0. The zero-order valence-electron chi connectivity index (χ0n) is 14.3. The van der Waals surface area contributed by atoms with Gasteiger partial charge in [-0.2, -0.15) is 0 Å². The molecule has 1 aliphatic heterocycles. The quantitative estimate of drug-likeness (QED) is 0.762. The molecule has 0 aliphatic carbocycles. The number of benzene rings is 1. The number of carbonyl (C=O) groups is 2. The van der Waals surface area contributed by atoms with Gasteiger partial charge in [-0.25, -0.2) is 9.18 Å². The minimum atomic E-state index is -0.660. The number of ether oxygens (including phenoxy) is 1.